The van der Waals surface area contributed by atoms with Crippen LogP contribution < -0.4 is 5.14 Å². The third-order valence-electron chi connectivity index (χ3n) is 2.12. The molecule has 0 spiro atoms. The molecule has 1 aliphatic rings. The van der Waals surface area contributed by atoms with Gasteiger partial charge in [-0.2, -0.15) is 0 Å². The monoisotopic (exact) mass is 202 g/mol. The maximum atomic E-state index is 5.41. The van der Waals surface area contributed by atoms with Crippen molar-refractivity contribution in [2.45, 2.75) is 38.5 Å². The molecule has 0 aromatic rings. The van der Waals surface area contributed by atoms with Gasteiger partial charge in [0, 0.05) is 18.5 Å². The first-order chi connectivity index (χ1) is 6.43. The van der Waals surface area contributed by atoms with E-state index in [1.807, 2.05) is 0 Å². The topological polar surface area (TPSA) is 47.6 Å². The van der Waals surface area contributed by atoms with Crippen LogP contribution in [0.4, 0.5) is 0 Å². The van der Waals surface area contributed by atoms with Gasteiger partial charge in [-0.1, -0.05) is 25.7 Å². The number of nitrogens with two attached hydrogens (primary N) is 1. The summed E-state index contributed by atoms with van der Waals surface area (Å²) >= 11 is 1.12. The van der Waals surface area contributed by atoms with Crippen LogP contribution >= 0.6 is 11.9 Å². The quantitative estimate of drug-likeness (QED) is 0.613. The zero-order valence-corrected chi connectivity index (χ0v) is 8.81. The van der Waals surface area contributed by atoms with Crippen molar-refractivity contribution in [3.63, 3.8) is 0 Å². The molecule has 0 aromatic heterocycles. The number of nitrogens with zero attached hydrogens (tertiary/aromatic N) is 1. The Morgan fingerprint density at radius 1 is 1.08 bits per heavy atom. The number of ether oxygens (including phenoxy) is 1. The fourth-order valence-electron chi connectivity index (χ4n) is 1.37. The average molecular weight is 202 g/mol. The lowest BCUT2D eigenvalue weighted by Crippen LogP contribution is -2.05. The van der Waals surface area contributed by atoms with E-state index in [-0.39, 0.29) is 0 Å². The first-order valence-corrected chi connectivity index (χ1v) is 5.85. The molecule has 0 amide bonds. The van der Waals surface area contributed by atoms with Gasteiger partial charge in [-0.05, 0) is 12.8 Å². The molecule has 13 heavy (non-hydrogen) atoms. The van der Waals surface area contributed by atoms with Crippen LogP contribution in [0, 0.1) is 0 Å². The van der Waals surface area contributed by atoms with Gasteiger partial charge >= 0.3 is 0 Å². The lowest BCUT2D eigenvalue weighted by Gasteiger charge is -2.04. The minimum Gasteiger partial charge on any atom is -0.472 e. The summed E-state index contributed by atoms with van der Waals surface area (Å²) in [6.45, 7) is 1.63. The van der Waals surface area contributed by atoms with E-state index in [9.17, 15) is 0 Å². The number of aliphatic imine (C=N–C) groups is 1. The zero-order valence-electron chi connectivity index (χ0n) is 8.00. The molecule has 0 fully saturated rings. The minimum atomic E-state index is 0.655. The van der Waals surface area contributed by atoms with Crippen molar-refractivity contribution >= 4 is 17.2 Å². The molecular weight excluding hydrogens is 184 g/mol. The fraction of sp³-hybridized carbons (Fsp3) is 0.889. The number of hydrogen-bond acceptors (Lipinski definition) is 4. The van der Waals surface area contributed by atoms with Crippen LogP contribution in [-0.4, -0.2) is 18.4 Å². The van der Waals surface area contributed by atoms with E-state index in [2.05, 4.69) is 4.99 Å². The molecule has 1 rings (SSSR count). The van der Waals surface area contributed by atoms with Crippen LogP contribution in [0.5, 0.6) is 0 Å². The van der Waals surface area contributed by atoms with E-state index < -0.39 is 0 Å². The highest BCUT2D eigenvalue weighted by atomic mass is 32.2. The van der Waals surface area contributed by atoms with Gasteiger partial charge in [-0.25, -0.2) is 4.99 Å². The van der Waals surface area contributed by atoms with Gasteiger partial charge < -0.3 is 4.74 Å². The van der Waals surface area contributed by atoms with Gasteiger partial charge in [0.1, 0.15) is 0 Å². The average Bonchev–Trinajstić information content (AvgIpc) is 2.22. The molecule has 0 bridgehead atoms. The lowest BCUT2D eigenvalue weighted by molar-refractivity contribution is 0.301. The first-order valence-electron chi connectivity index (χ1n) is 4.97. The van der Waals surface area contributed by atoms with Crippen molar-refractivity contribution in [2.75, 3.05) is 13.2 Å². The van der Waals surface area contributed by atoms with Crippen LogP contribution in [0.15, 0.2) is 4.99 Å². The Labute approximate surface area is 84.3 Å². The number of rotatable bonds is 0. The largest absolute Gasteiger partial charge is 0.472 e. The molecule has 76 valence electrons. The summed E-state index contributed by atoms with van der Waals surface area (Å²) < 4.78 is 5.41. The molecule has 0 aliphatic carbocycles. The normalized spacial score (nSPS) is 25.2. The molecule has 0 atom stereocenters. The van der Waals surface area contributed by atoms with Crippen molar-refractivity contribution in [2.24, 2.45) is 10.1 Å². The Balaban J connectivity index is 2.31. The van der Waals surface area contributed by atoms with E-state index >= 15 is 0 Å². The Morgan fingerprint density at radius 2 is 1.77 bits per heavy atom. The van der Waals surface area contributed by atoms with Crippen LogP contribution in [0.3, 0.4) is 0 Å². The third-order valence-corrected chi connectivity index (χ3v) is 2.57. The summed E-state index contributed by atoms with van der Waals surface area (Å²) in [6.07, 6.45) is 7.50. The van der Waals surface area contributed by atoms with Crippen molar-refractivity contribution in [3.05, 3.63) is 0 Å². The van der Waals surface area contributed by atoms with Gasteiger partial charge in [0.2, 0.25) is 0 Å². The Morgan fingerprint density at radius 3 is 2.54 bits per heavy atom. The standard InChI is InChI=1S/C9H18N2OS/c10-13-9-11-7-5-3-1-2-4-6-8-12-9/h1-8,10H2/b11-9+. The van der Waals surface area contributed by atoms with Gasteiger partial charge in [-0.3, -0.25) is 5.14 Å². The Bertz CT molecular complexity index is 162. The molecule has 1 heterocycles. The second-order valence-corrected chi connectivity index (χ2v) is 3.82. The van der Waals surface area contributed by atoms with Crippen molar-refractivity contribution in [3.8, 4) is 0 Å². The Hall–Kier alpha value is -0.220. The summed E-state index contributed by atoms with van der Waals surface area (Å²) in [6, 6.07) is 0. The fourth-order valence-corrected chi connectivity index (χ4v) is 1.68. The molecule has 0 saturated heterocycles. The first kappa shape index (κ1) is 10.9. The second-order valence-electron chi connectivity index (χ2n) is 3.24. The summed E-state index contributed by atoms with van der Waals surface area (Å²) in [5.41, 5.74) is 0. The zero-order chi connectivity index (χ0) is 9.36. The molecule has 1 aliphatic heterocycles. The highest BCUT2D eigenvalue weighted by molar-refractivity contribution is 8.11. The predicted octanol–water partition coefficient (Wildman–Crippen LogP) is 2.32. The SMILES string of the molecule is NS/C1=N/CCCCCCCCO1. The molecular formula is C9H18N2OS. The molecule has 0 unspecified atom stereocenters. The van der Waals surface area contributed by atoms with Crippen LogP contribution in [0.2, 0.25) is 0 Å². The van der Waals surface area contributed by atoms with Crippen molar-refractivity contribution in [1.82, 2.24) is 0 Å². The van der Waals surface area contributed by atoms with Crippen LogP contribution in [0.1, 0.15) is 38.5 Å². The number of hydrogen-bond donors (Lipinski definition) is 1. The van der Waals surface area contributed by atoms with E-state index in [4.69, 9.17) is 9.88 Å². The highest BCUT2D eigenvalue weighted by Gasteiger charge is 2.00. The summed E-state index contributed by atoms with van der Waals surface area (Å²) in [4.78, 5) is 4.28. The van der Waals surface area contributed by atoms with Gasteiger partial charge in [0.25, 0.3) is 5.23 Å². The van der Waals surface area contributed by atoms with Gasteiger partial charge in [0.05, 0.1) is 6.61 Å². The summed E-state index contributed by atoms with van der Waals surface area (Å²) in [7, 11) is 0. The highest BCUT2D eigenvalue weighted by Crippen LogP contribution is 2.09. The van der Waals surface area contributed by atoms with Crippen LogP contribution in [-0.2, 0) is 4.74 Å². The maximum absolute atomic E-state index is 5.41. The molecule has 0 radical (unpaired) electrons. The predicted molar refractivity (Wildman–Crippen MR) is 57.7 cm³/mol. The van der Waals surface area contributed by atoms with Crippen molar-refractivity contribution < 1.29 is 4.74 Å². The van der Waals surface area contributed by atoms with Gasteiger partial charge in [-0.15, -0.1) is 0 Å². The summed E-state index contributed by atoms with van der Waals surface area (Å²) in [5.74, 6) is 0. The molecule has 4 heteroatoms. The smallest absolute Gasteiger partial charge is 0.261 e. The molecule has 0 saturated carbocycles. The van der Waals surface area contributed by atoms with E-state index in [0.29, 0.717) is 5.23 Å². The van der Waals surface area contributed by atoms with Crippen LogP contribution in [0.25, 0.3) is 0 Å². The lowest BCUT2D eigenvalue weighted by atomic mass is 10.1. The summed E-state index contributed by atoms with van der Waals surface area (Å²) in [5, 5.41) is 6.07. The molecule has 0 aromatic carbocycles. The second kappa shape index (κ2) is 7.21. The van der Waals surface area contributed by atoms with E-state index in [1.165, 1.54) is 25.7 Å². The molecule has 2 N–H and O–H groups in total. The maximum Gasteiger partial charge on any atom is 0.261 e. The Kier molecular flexibility index (Phi) is 6.02. The molecule has 3 nitrogen and oxygen atoms in total. The minimum absolute atomic E-state index is 0.655. The third kappa shape index (κ3) is 5.16. The van der Waals surface area contributed by atoms with Crippen molar-refractivity contribution in [1.29, 1.82) is 0 Å². The van der Waals surface area contributed by atoms with Gasteiger partial charge in [0.15, 0.2) is 0 Å². The van der Waals surface area contributed by atoms with E-state index in [0.717, 1.165) is 37.9 Å². The van der Waals surface area contributed by atoms with E-state index in [1.54, 1.807) is 0 Å².